The average Bonchev–Trinajstić information content (AvgIpc) is 2.42. The van der Waals surface area contributed by atoms with Gasteiger partial charge in [0.25, 0.3) is 0 Å². The van der Waals surface area contributed by atoms with Crippen LogP contribution in [0.5, 0.6) is 17.5 Å². The lowest BCUT2D eigenvalue weighted by Crippen LogP contribution is -2.07. The van der Waals surface area contributed by atoms with E-state index >= 15 is 0 Å². The molecule has 0 bridgehead atoms. The zero-order valence-corrected chi connectivity index (χ0v) is 12.0. The maximum absolute atomic E-state index is 5.83. The van der Waals surface area contributed by atoms with Gasteiger partial charge in [-0.2, -0.15) is 4.98 Å². The number of anilines is 1. The van der Waals surface area contributed by atoms with Crippen molar-refractivity contribution >= 4 is 5.69 Å². The van der Waals surface area contributed by atoms with Crippen LogP contribution in [0.2, 0.25) is 0 Å². The first-order valence-electron chi connectivity index (χ1n) is 6.54. The fraction of sp³-hybridized carbons (Fsp3) is 0.333. The predicted octanol–water partition coefficient (Wildman–Crippen LogP) is 3.19. The van der Waals surface area contributed by atoms with Gasteiger partial charge in [-0.1, -0.05) is 13.8 Å². The van der Waals surface area contributed by atoms with Crippen molar-refractivity contribution in [2.75, 3.05) is 12.3 Å². The molecule has 106 valence electrons. The molecule has 5 nitrogen and oxygen atoms in total. The minimum absolute atomic E-state index is 0.399. The van der Waals surface area contributed by atoms with Crippen molar-refractivity contribution < 1.29 is 9.47 Å². The summed E-state index contributed by atoms with van der Waals surface area (Å²) < 4.78 is 11.2. The normalized spacial score (nSPS) is 10.6. The molecule has 0 saturated carbocycles. The molecule has 0 aliphatic heterocycles. The molecule has 2 N–H and O–H groups in total. The van der Waals surface area contributed by atoms with Crippen LogP contribution in [0.15, 0.2) is 30.5 Å². The van der Waals surface area contributed by atoms with Crippen molar-refractivity contribution in [3.05, 3.63) is 36.2 Å². The number of hydrogen-bond acceptors (Lipinski definition) is 5. The van der Waals surface area contributed by atoms with Gasteiger partial charge in [-0.05, 0) is 31.0 Å². The van der Waals surface area contributed by atoms with E-state index < -0.39 is 0 Å². The van der Waals surface area contributed by atoms with Crippen LogP contribution in [0.4, 0.5) is 5.69 Å². The average molecular weight is 273 g/mol. The Morgan fingerprint density at radius 2 is 2.00 bits per heavy atom. The number of rotatable bonds is 5. The van der Waals surface area contributed by atoms with E-state index in [4.69, 9.17) is 15.2 Å². The van der Waals surface area contributed by atoms with Gasteiger partial charge < -0.3 is 15.2 Å². The summed E-state index contributed by atoms with van der Waals surface area (Å²) >= 11 is 0. The first kappa shape index (κ1) is 14.1. The van der Waals surface area contributed by atoms with Crippen molar-refractivity contribution in [2.24, 2.45) is 5.92 Å². The van der Waals surface area contributed by atoms with Crippen LogP contribution in [0, 0.1) is 12.8 Å². The van der Waals surface area contributed by atoms with E-state index in [0.29, 0.717) is 35.7 Å². The molecule has 0 radical (unpaired) electrons. The molecule has 0 aliphatic carbocycles. The predicted molar refractivity (Wildman–Crippen MR) is 78.0 cm³/mol. The van der Waals surface area contributed by atoms with Crippen molar-refractivity contribution in [1.29, 1.82) is 0 Å². The maximum atomic E-state index is 5.83. The number of pyridine rings is 2. The Morgan fingerprint density at radius 3 is 2.65 bits per heavy atom. The van der Waals surface area contributed by atoms with Crippen LogP contribution in [0.3, 0.4) is 0 Å². The highest BCUT2D eigenvalue weighted by molar-refractivity contribution is 5.49. The molecule has 0 fully saturated rings. The standard InChI is InChI=1S/C15H19N3O2/c1-10(2)9-19-15-13(16)6-7-14(18-15)20-12-5-4-11(3)17-8-12/h4-8,10H,9,16H2,1-3H3. The molecular weight excluding hydrogens is 254 g/mol. The van der Waals surface area contributed by atoms with Gasteiger partial charge >= 0.3 is 0 Å². The molecule has 0 spiro atoms. The van der Waals surface area contributed by atoms with Gasteiger partial charge in [0.1, 0.15) is 5.75 Å². The van der Waals surface area contributed by atoms with Gasteiger partial charge in [0.15, 0.2) is 0 Å². The molecule has 0 aliphatic rings. The van der Waals surface area contributed by atoms with Crippen molar-refractivity contribution in [3.8, 4) is 17.5 Å². The van der Waals surface area contributed by atoms with Crippen molar-refractivity contribution in [2.45, 2.75) is 20.8 Å². The van der Waals surface area contributed by atoms with E-state index in [0.717, 1.165) is 5.69 Å². The van der Waals surface area contributed by atoms with Crippen LogP contribution >= 0.6 is 0 Å². The Morgan fingerprint density at radius 1 is 1.20 bits per heavy atom. The first-order valence-corrected chi connectivity index (χ1v) is 6.54. The van der Waals surface area contributed by atoms with E-state index in [1.54, 1.807) is 18.3 Å². The second-order valence-electron chi connectivity index (χ2n) is 4.99. The molecule has 0 atom stereocenters. The van der Waals surface area contributed by atoms with Gasteiger partial charge in [-0.25, -0.2) is 0 Å². The Labute approximate surface area is 118 Å². The van der Waals surface area contributed by atoms with Crippen molar-refractivity contribution in [1.82, 2.24) is 9.97 Å². The van der Waals surface area contributed by atoms with Crippen LogP contribution in [0.1, 0.15) is 19.5 Å². The number of nitrogens with two attached hydrogens (primary N) is 1. The second-order valence-corrected chi connectivity index (χ2v) is 4.99. The molecule has 2 aromatic rings. The van der Waals surface area contributed by atoms with Gasteiger partial charge in [0.05, 0.1) is 18.5 Å². The van der Waals surface area contributed by atoms with Gasteiger partial charge in [0, 0.05) is 11.8 Å². The summed E-state index contributed by atoms with van der Waals surface area (Å²) in [5, 5.41) is 0. The highest BCUT2D eigenvalue weighted by Gasteiger charge is 2.07. The highest BCUT2D eigenvalue weighted by atomic mass is 16.5. The molecule has 0 unspecified atom stereocenters. The largest absolute Gasteiger partial charge is 0.476 e. The summed E-state index contributed by atoms with van der Waals surface area (Å²) in [4.78, 5) is 8.43. The van der Waals surface area contributed by atoms with Crippen LogP contribution in [0.25, 0.3) is 0 Å². The molecule has 0 aromatic carbocycles. The van der Waals surface area contributed by atoms with E-state index in [1.807, 2.05) is 19.1 Å². The lowest BCUT2D eigenvalue weighted by atomic mass is 10.2. The molecule has 2 heterocycles. The molecule has 0 amide bonds. The minimum Gasteiger partial charge on any atom is -0.476 e. The minimum atomic E-state index is 0.399. The SMILES string of the molecule is Cc1ccc(Oc2ccc(N)c(OCC(C)C)n2)cn1. The highest BCUT2D eigenvalue weighted by Crippen LogP contribution is 2.25. The number of nitrogen functional groups attached to an aromatic ring is 1. The summed E-state index contributed by atoms with van der Waals surface area (Å²) in [6, 6.07) is 7.15. The Hall–Kier alpha value is -2.30. The van der Waals surface area contributed by atoms with Crippen LogP contribution in [-0.4, -0.2) is 16.6 Å². The van der Waals surface area contributed by atoms with E-state index in [1.165, 1.54) is 0 Å². The van der Waals surface area contributed by atoms with E-state index in [-0.39, 0.29) is 0 Å². The second kappa shape index (κ2) is 6.23. The number of hydrogen-bond donors (Lipinski definition) is 1. The third kappa shape index (κ3) is 3.85. The van der Waals surface area contributed by atoms with Crippen molar-refractivity contribution in [3.63, 3.8) is 0 Å². The van der Waals surface area contributed by atoms with E-state index in [9.17, 15) is 0 Å². The third-order valence-corrected chi connectivity index (χ3v) is 2.52. The van der Waals surface area contributed by atoms with E-state index in [2.05, 4.69) is 23.8 Å². The Kier molecular flexibility index (Phi) is 4.40. The zero-order valence-electron chi connectivity index (χ0n) is 12.0. The summed E-state index contributed by atoms with van der Waals surface area (Å²) in [5.41, 5.74) is 7.27. The summed E-state index contributed by atoms with van der Waals surface area (Å²) in [7, 11) is 0. The number of aryl methyl sites for hydroxylation is 1. The molecule has 20 heavy (non-hydrogen) atoms. The van der Waals surface area contributed by atoms with Gasteiger partial charge in [0.2, 0.25) is 11.8 Å². The Bertz CT molecular complexity index is 568. The topological polar surface area (TPSA) is 70.3 Å². The fourth-order valence-corrected chi connectivity index (χ4v) is 1.49. The number of ether oxygens (including phenoxy) is 2. The zero-order chi connectivity index (χ0) is 14.5. The molecule has 0 saturated heterocycles. The number of aromatic nitrogens is 2. The fourth-order valence-electron chi connectivity index (χ4n) is 1.49. The van der Waals surface area contributed by atoms with Crippen LogP contribution < -0.4 is 15.2 Å². The lowest BCUT2D eigenvalue weighted by Gasteiger charge is -2.11. The molecule has 5 heteroatoms. The first-order chi connectivity index (χ1) is 9.54. The summed E-state index contributed by atoms with van der Waals surface area (Å²) in [5.74, 6) is 1.87. The smallest absolute Gasteiger partial charge is 0.240 e. The van der Waals surface area contributed by atoms with Gasteiger partial charge in [-0.3, -0.25) is 4.98 Å². The monoisotopic (exact) mass is 273 g/mol. The molecular formula is C15H19N3O2. The van der Waals surface area contributed by atoms with Gasteiger partial charge in [-0.15, -0.1) is 0 Å². The quantitative estimate of drug-likeness (QED) is 0.905. The Balaban J connectivity index is 2.12. The molecule has 2 aromatic heterocycles. The third-order valence-electron chi connectivity index (χ3n) is 2.52. The molecule has 2 rings (SSSR count). The maximum Gasteiger partial charge on any atom is 0.240 e. The summed E-state index contributed by atoms with van der Waals surface area (Å²) in [6.07, 6.45) is 1.65. The number of nitrogens with zero attached hydrogens (tertiary/aromatic N) is 2. The summed E-state index contributed by atoms with van der Waals surface area (Å²) in [6.45, 7) is 6.61. The lowest BCUT2D eigenvalue weighted by molar-refractivity contribution is 0.260. The van der Waals surface area contributed by atoms with Crippen LogP contribution in [-0.2, 0) is 0 Å².